The lowest BCUT2D eigenvalue weighted by molar-refractivity contribution is -0.124. The number of allylic oxidation sites excluding steroid dienone is 1. The number of hydrogen-bond donors (Lipinski definition) is 1. The number of aliphatic hydroxyl groups excluding tert-OH is 1. The number of Topliss-reactive ketones (excluding diaryl/α,β-unsaturated/α-hetero) is 1. The number of fused-ring (bicyclic) bond motifs is 3. The van der Waals surface area contributed by atoms with Crippen molar-refractivity contribution in [2.75, 3.05) is 0 Å². The number of rotatable bonds is 0. The number of halogens is 1. The molecule has 5 heteroatoms. The van der Waals surface area contributed by atoms with E-state index in [1.54, 1.807) is 0 Å². The minimum atomic E-state index is -0.167. The summed E-state index contributed by atoms with van der Waals surface area (Å²) in [6, 6.07) is 0. The zero-order valence-corrected chi connectivity index (χ0v) is 13.6. The van der Waals surface area contributed by atoms with Crippen LogP contribution in [-0.2, 0) is 23.7 Å². The maximum atomic E-state index is 12.3. The third-order valence-corrected chi connectivity index (χ3v) is 6.17. The van der Waals surface area contributed by atoms with Crippen LogP contribution < -0.4 is 0 Å². The van der Waals surface area contributed by atoms with Gasteiger partial charge in [0.05, 0.1) is 12.0 Å². The fraction of sp³-hybridized carbons (Fsp3) is 0.600. The lowest BCUT2D eigenvalue weighted by Crippen LogP contribution is -2.47. The van der Waals surface area contributed by atoms with Gasteiger partial charge in [-0.25, -0.2) is 0 Å². The summed E-state index contributed by atoms with van der Waals surface area (Å²) < 4.78 is 2.90. The highest BCUT2D eigenvalue weighted by atomic mass is 79.9. The Labute approximate surface area is 127 Å². The number of aromatic nitrogens is 2. The number of aliphatic hydroxyl groups is 1. The zero-order chi connectivity index (χ0) is 14.7. The molecule has 0 radical (unpaired) electrons. The highest BCUT2D eigenvalue weighted by molar-refractivity contribution is 9.10. The van der Waals surface area contributed by atoms with Gasteiger partial charge in [0.15, 0.2) is 5.78 Å². The van der Waals surface area contributed by atoms with E-state index in [9.17, 15) is 9.90 Å². The number of nitrogens with zero attached hydrogens (tertiary/aromatic N) is 2. The minimum Gasteiger partial charge on any atom is -0.515 e. The second-order valence-electron chi connectivity index (χ2n) is 6.29. The van der Waals surface area contributed by atoms with Gasteiger partial charge >= 0.3 is 0 Å². The fourth-order valence-corrected chi connectivity index (χ4v) is 4.57. The van der Waals surface area contributed by atoms with E-state index >= 15 is 0 Å². The van der Waals surface area contributed by atoms with Gasteiger partial charge in [-0.1, -0.05) is 13.8 Å². The van der Waals surface area contributed by atoms with Crippen LogP contribution >= 0.6 is 15.9 Å². The predicted molar refractivity (Wildman–Crippen MR) is 79.6 cm³/mol. The van der Waals surface area contributed by atoms with E-state index < -0.39 is 0 Å². The van der Waals surface area contributed by atoms with Crippen molar-refractivity contribution in [1.82, 2.24) is 9.78 Å². The molecule has 20 heavy (non-hydrogen) atoms. The lowest BCUT2D eigenvalue weighted by atomic mass is 9.55. The molecule has 1 fully saturated rings. The van der Waals surface area contributed by atoms with Crippen molar-refractivity contribution in [3.63, 3.8) is 0 Å². The van der Waals surface area contributed by atoms with Crippen LogP contribution in [0.2, 0.25) is 0 Å². The molecule has 1 aromatic rings. The molecule has 1 saturated carbocycles. The SMILES string of the molecule is C[C@@H]1C(=O)/C(=C\O)C[C@]2(C)c3nn(C)c(Br)c3CC[C@@H]12. The highest BCUT2D eigenvalue weighted by Crippen LogP contribution is 2.52. The Bertz CT molecular complexity index is 620. The monoisotopic (exact) mass is 338 g/mol. The van der Waals surface area contributed by atoms with Crippen LogP contribution in [0.3, 0.4) is 0 Å². The molecule has 1 heterocycles. The Kier molecular flexibility index (Phi) is 3.08. The van der Waals surface area contributed by atoms with Crippen LogP contribution in [-0.4, -0.2) is 20.7 Å². The highest BCUT2D eigenvalue weighted by Gasteiger charge is 2.51. The van der Waals surface area contributed by atoms with Crippen LogP contribution in [0.5, 0.6) is 0 Å². The summed E-state index contributed by atoms with van der Waals surface area (Å²) >= 11 is 3.61. The second-order valence-corrected chi connectivity index (χ2v) is 7.04. The van der Waals surface area contributed by atoms with E-state index in [1.807, 2.05) is 18.7 Å². The molecule has 0 aromatic carbocycles. The number of aryl methyl sites for hydroxylation is 1. The molecule has 1 N–H and O–H groups in total. The molecule has 0 amide bonds. The average Bonchev–Trinajstić information content (AvgIpc) is 2.72. The Morgan fingerprint density at radius 3 is 2.90 bits per heavy atom. The van der Waals surface area contributed by atoms with Crippen LogP contribution in [0.4, 0.5) is 0 Å². The molecule has 2 aliphatic rings. The molecule has 0 bridgehead atoms. The summed E-state index contributed by atoms with van der Waals surface area (Å²) in [5.74, 6) is 0.336. The Hall–Kier alpha value is -1.10. The molecule has 0 aliphatic heterocycles. The van der Waals surface area contributed by atoms with E-state index in [1.165, 1.54) is 5.56 Å². The molecule has 4 nitrogen and oxygen atoms in total. The van der Waals surface area contributed by atoms with Crippen molar-refractivity contribution in [3.05, 3.63) is 27.7 Å². The van der Waals surface area contributed by atoms with E-state index in [0.717, 1.165) is 29.4 Å². The zero-order valence-electron chi connectivity index (χ0n) is 12.0. The summed E-state index contributed by atoms with van der Waals surface area (Å²) in [7, 11) is 1.93. The van der Waals surface area contributed by atoms with Gasteiger partial charge in [0.25, 0.3) is 0 Å². The van der Waals surface area contributed by atoms with Gasteiger partial charge in [-0.2, -0.15) is 5.10 Å². The van der Waals surface area contributed by atoms with Gasteiger partial charge in [-0.3, -0.25) is 9.48 Å². The largest absolute Gasteiger partial charge is 0.515 e. The van der Waals surface area contributed by atoms with Crippen molar-refractivity contribution >= 4 is 21.7 Å². The fourth-order valence-electron chi connectivity index (χ4n) is 4.11. The van der Waals surface area contributed by atoms with Crippen LogP contribution in [0.25, 0.3) is 0 Å². The molecule has 0 unspecified atom stereocenters. The van der Waals surface area contributed by atoms with Crippen molar-refractivity contribution in [2.45, 2.75) is 38.5 Å². The molecule has 0 saturated heterocycles. The first-order valence-electron chi connectivity index (χ1n) is 6.99. The normalized spacial score (nSPS) is 35.0. The van der Waals surface area contributed by atoms with E-state index in [4.69, 9.17) is 0 Å². The second kappa shape index (κ2) is 4.45. The summed E-state index contributed by atoms with van der Waals surface area (Å²) in [5, 5.41) is 14.1. The predicted octanol–water partition coefficient (Wildman–Crippen LogP) is 3.05. The quantitative estimate of drug-likeness (QED) is 0.584. The van der Waals surface area contributed by atoms with Crippen LogP contribution in [0.15, 0.2) is 16.4 Å². The molecule has 2 aliphatic carbocycles. The molecular formula is C15H19BrN2O2. The topological polar surface area (TPSA) is 55.1 Å². The molecule has 3 atom stereocenters. The molecule has 108 valence electrons. The number of carbonyl (C=O) groups is 1. The maximum absolute atomic E-state index is 12.3. The first kappa shape index (κ1) is 13.9. The van der Waals surface area contributed by atoms with Gasteiger partial charge in [0.2, 0.25) is 0 Å². The smallest absolute Gasteiger partial charge is 0.165 e. The Morgan fingerprint density at radius 2 is 2.25 bits per heavy atom. The molecule has 0 spiro atoms. The summed E-state index contributed by atoms with van der Waals surface area (Å²) in [5.41, 5.74) is 2.71. The standard InChI is InChI=1S/C15H19BrN2O2/c1-8-11-5-4-10-13(17-18(3)14(10)16)15(11,2)6-9(7-19)12(8)20/h7-8,11,19H,4-6H2,1-3H3/b9-7-/t8-,11-,15-/m0/s1. The Balaban J connectivity index is 2.16. The first-order valence-corrected chi connectivity index (χ1v) is 7.78. The molecule has 1 aromatic heterocycles. The number of hydrogen-bond acceptors (Lipinski definition) is 3. The third kappa shape index (κ3) is 1.65. The van der Waals surface area contributed by atoms with E-state index in [2.05, 4.69) is 28.0 Å². The van der Waals surface area contributed by atoms with Crippen molar-refractivity contribution in [2.24, 2.45) is 18.9 Å². The van der Waals surface area contributed by atoms with Gasteiger partial charge in [0, 0.05) is 29.5 Å². The molecular weight excluding hydrogens is 320 g/mol. The summed E-state index contributed by atoms with van der Waals surface area (Å²) in [6.07, 6.45) is 3.53. The number of carbonyl (C=O) groups excluding carboxylic acids is 1. The van der Waals surface area contributed by atoms with Crippen molar-refractivity contribution in [3.8, 4) is 0 Å². The minimum absolute atomic E-state index is 0.0546. The van der Waals surface area contributed by atoms with Gasteiger partial charge in [-0.15, -0.1) is 0 Å². The van der Waals surface area contributed by atoms with Gasteiger partial charge < -0.3 is 5.11 Å². The van der Waals surface area contributed by atoms with Crippen molar-refractivity contribution < 1.29 is 9.90 Å². The number of ketones is 1. The lowest BCUT2D eigenvalue weighted by Gasteiger charge is -2.47. The van der Waals surface area contributed by atoms with E-state index in [-0.39, 0.29) is 17.1 Å². The maximum Gasteiger partial charge on any atom is 0.165 e. The third-order valence-electron chi connectivity index (χ3n) is 5.18. The van der Waals surface area contributed by atoms with Gasteiger partial charge in [0.1, 0.15) is 4.60 Å². The summed E-state index contributed by atoms with van der Waals surface area (Å²) in [6.45, 7) is 4.17. The average molecular weight is 339 g/mol. The van der Waals surface area contributed by atoms with E-state index in [0.29, 0.717) is 17.9 Å². The first-order chi connectivity index (χ1) is 9.40. The van der Waals surface area contributed by atoms with Crippen LogP contribution in [0, 0.1) is 11.8 Å². The Morgan fingerprint density at radius 1 is 1.55 bits per heavy atom. The molecule has 3 rings (SSSR count). The summed E-state index contributed by atoms with van der Waals surface area (Å²) in [4.78, 5) is 12.3. The van der Waals surface area contributed by atoms with Gasteiger partial charge in [-0.05, 0) is 41.1 Å². The van der Waals surface area contributed by atoms with Crippen molar-refractivity contribution in [1.29, 1.82) is 0 Å². The van der Waals surface area contributed by atoms with Crippen LogP contribution in [0.1, 0.15) is 37.9 Å².